The van der Waals surface area contributed by atoms with Gasteiger partial charge in [-0.05, 0) is 151 Å². The molecule has 196 valence electrons. The molecule has 0 spiro atoms. The van der Waals surface area contributed by atoms with Crippen molar-refractivity contribution in [1.29, 1.82) is 0 Å². The molecule has 4 saturated carbocycles. The molecule has 0 saturated heterocycles. The molecule has 0 radical (unpaired) electrons. The van der Waals surface area contributed by atoms with Crippen LogP contribution < -0.4 is 0 Å². The largest absolute Gasteiger partial charge is 0.103 e. The van der Waals surface area contributed by atoms with Crippen LogP contribution in [0.4, 0.5) is 0 Å². The van der Waals surface area contributed by atoms with Crippen molar-refractivity contribution >= 4 is 0 Å². The third kappa shape index (κ3) is 8.74. The van der Waals surface area contributed by atoms with Gasteiger partial charge in [0.25, 0.3) is 0 Å². The third-order valence-corrected chi connectivity index (χ3v) is 10.1. The van der Waals surface area contributed by atoms with Crippen LogP contribution in [0.5, 0.6) is 0 Å². The minimum absolute atomic E-state index is 0. The molecule has 0 N–H and O–H groups in total. The van der Waals surface area contributed by atoms with E-state index in [0.29, 0.717) is 0 Å². The van der Waals surface area contributed by atoms with Crippen LogP contribution in [0.15, 0.2) is 37.0 Å². The Balaban J connectivity index is 0. The Hall–Kier alpha value is -0.780. The second kappa shape index (κ2) is 14.6. The normalized spacial score (nSPS) is 40.3. The smallest absolute Gasteiger partial charge is 0 e. The second-order valence-corrected chi connectivity index (χ2v) is 12.3. The minimum Gasteiger partial charge on any atom is -0.103 e. The highest BCUT2D eigenvalue weighted by Gasteiger charge is 2.30. The second-order valence-electron chi connectivity index (χ2n) is 12.3. The summed E-state index contributed by atoms with van der Waals surface area (Å²) in [5.74, 6) is 7.88. The number of hydrogen-bond acceptors (Lipinski definition) is 0. The molecule has 4 aliphatic carbocycles. The van der Waals surface area contributed by atoms with Gasteiger partial charge < -0.3 is 0 Å². The van der Waals surface area contributed by atoms with E-state index in [1.54, 1.807) is 0 Å². The van der Waals surface area contributed by atoms with E-state index >= 15 is 0 Å². The summed E-state index contributed by atoms with van der Waals surface area (Å²) in [5, 5.41) is 0. The topological polar surface area (TPSA) is 0 Å². The maximum Gasteiger partial charge on any atom is 0 e. The lowest BCUT2D eigenvalue weighted by Crippen LogP contribution is -2.25. The highest BCUT2D eigenvalue weighted by molar-refractivity contribution is 4.93. The monoisotopic (exact) mass is 461 g/mol. The molecular weight excluding hydrogens is 396 g/mol. The molecule has 0 unspecified atom stereocenters. The summed E-state index contributed by atoms with van der Waals surface area (Å²) in [5.41, 5.74) is 0. The highest BCUT2D eigenvalue weighted by Crippen LogP contribution is 2.42. The van der Waals surface area contributed by atoms with Crippen LogP contribution in [-0.2, 0) is 0 Å². The lowest BCUT2D eigenvalue weighted by atomic mass is 9.69. The van der Waals surface area contributed by atoms with E-state index in [1.165, 1.54) is 103 Å². The van der Waals surface area contributed by atoms with E-state index in [0.717, 1.165) is 47.3 Å². The first-order chi connectivity index (χ1) is 16.1. The molecule has 33 heavy (non-hydrogen) atoms. The van der Waals surface area contributed by atoms with Crippen molar-refractivity contribution in [2.75, 3.05) is 0 Å². The molecule has 4 aliphatic rings. The maximum absolute atomic E-state index is 3.93. The van der Waals surface area contributed by atoms with Crippen LogP contribution >= 0.6 is 0 Å². The Morgan fingerprint density at radius 1 is 0.485 bits per heavy atom. The Kier molecular flexibility index (Phi) is 11.8. The Morgan fingerprint density at radius 3 is 1.09 bits per heavy atom. The highest BCUT2D eigenvalue weighted by atomic mass is 14.4. The molecule has 0 aromatic heterocycles. The quantitative estimate of drug-likeness (QED) is 0.358. The van der Waals surface area contributed by atoms with Crippen LogP contribution in [0.1, 0.15) is 129 Å². The van der Waals surface area contributed by atoms with Gasteiger partial charge in [-0.3, -0.25) is 0 Å². The number of allylic oxidation sites excluding steroid dienone is 5. The van der Waals surface area contributed by atoms with Crippen molar-refractivity contribution in [2.45, 2.75) is 124 Å². The van der Waals surface area contributed by atoms with Crippen LogP contribution in [0, 0.1) is 47.3 Å². The lowest BCUT2D eigenvalue weighted by Gasteiger charge is -2.36. The molecule has 0 heterocycles. The van der Waals surface area contributed by atoms with Gasteiger partial charge in [0.2, 0.25) is 0 Å². The predicted octanol–water partition coefficient (Wildman–Crippen LogP) is 11.5. The van der Waals surface area contributed by atoms with Crippen molar-refractivity contribution in [2.24, 2.45) is 47.3 Å². The van der Waals surface area contributed by atoms with Gasteiger partial charge in [-0.2, -0.15) is 0 Å². The van der Waals surface area contributed by atoms with Crippen molar-refractivity contribution in [3.63, 3.8) is 0 Å². The van der Waals surface area contributed by atoms with E-state index in [-0.39, 0.29) is 5.71 Å². The fraction of sp³-hybridized carbons (Fsp3) is 0.818. The number of rotatable bonds is 5. The van der Waals surface area contributed by atoms with E-state index in [1.807, 2.05) is 0 Å². The molecule has 0 aliphatic heterocycles. The minimum atomic E-state index is 0. The molecule has 4 rings (SSSR count). The summed E-state index contributed by atoms with van der Waals surface area (Å²) in [6.45, 7) is 10.7. The zero-order valence-electron chi connectivity index (χ0n) is 22.5. The fourth-order valence-corrected chi connectivity index (χ4v) is 7.77. The lowest BCUT2D eigenvalue weighted by molar-refractivity contribution is 0.160. The summed E-state index contributed by atoms with van der Waals surface area (Å²) >= 11 is 0. The predicted molar refractivity (Wildman–Crippen MR) is 156 cm³/mol. The molecule has 4 fully saturated rings. The van der Waals surface area contributed by atoms with Gasteiger partial charge in [0.15, 0.2) is 0 Å². The van der Waals surface area contributed by atoms with E-state index in [2.05, 4.69) is 57.7 Å². The van der Waals surface area contributed by atoms with Crippen molar-refractivity contribution in [3.05, 3.63) is 37.0 Å². The summed E-state index contributed by atoms with van der Waals surface area (Å²) in [6, 6.07) is 0. The van der Waals surface area contributed by atoms with Gasteiger partial charge in [0.1, 0.15) is 0 Å². The SMILES string of the molecule is C/C=C/C1CCC(C2CCC(/C=C/C)CC2)CC1.C=CC1CCC(C2CCC(C)CC2)CC1.[HH].[HH].[HH].[HH]. The summed E-state index contributed by atoms with van der Waals surface area (Å²) < 4.78 is 0. The summed E-state index contributed by atoms with van der Waals surface area (Å²) in [4.78, 5) is 0. The first-order valence-electron chi connectivity index (χ1n) is 15.0. The van der Waals surface area contributed by atoms with Crippen LogP contribution in [-0.4, -0.2) is 0 Å². The molecule has 0 bridgehead atoms. The van der Waals surface area contributed by atoms with Crippen molar-refractivity contribution in [1.82, 2.24) is 0 Å². The molecule has 0 aromatic carbocycles. The summed E-state index contributed by atoms with van der Waals surface area (Å²) in [7, 11) is 0. The molecule has 0 heteroatoms. The van der Waals surface area contributed by atoms with Gasteiger partial charge in [0, 0.05) is 5.71 Å². The molecule has 0 aromatic rings. The van der Waals surface area contributed by atoms with Gasteiger partial charge in [-0.1, -0.05) is 50.1 Å². The standard InChI is InChI=1S/C18H30.C15H26.4H2/c1-3-5-15-7-11-17(12-8-15)18-13-9-16(6-4-2)10-14-18;1-3-13-6-10-15(11-7-13)14-8-4-12(2)5-9-14;;;;/h3-6,15-18H,7-14H2,1-2H3;3,12-15H,1,4-11H2,2H3;4*1H/b5-3+,6-4+;;;;;. The van der Waals surface area contributed by atoms with Crippen LogP contribution in [0.3, 0.4) is 0 Å². The average molecular weight is 461 g/mol. The fourth-order valence-electron chi connectivity index (χ4n) is 7.77. The summed E-state index contributed by atoms with van der Waals surface area (Å²) in [6.07, 6.45) is 35.1. The average Bonchev–Trinajstić information content (AvgIpc) is 2.86. The Labute approximate surface area is 213 Å². The number of hydrogen-bond donors (Lipinski definition) is 0. The van der Waals surface area contributed by atoms with Gasteiger partial charge in [-0.15, -0.1) is 6.58 Å². The van der Waals surface area contributed by atoms with E-state index < -0.39 is 0 Å². The first-order valence-corrected chi connectivity index (χ1v) is 15.0. The Bertz CT molecular complexity index is 553. The van der Waals surface area contributed by atoms with Crippen molar-refractivity contribution < 1.29 is 5.71 Å². The van der Waals surface area contributed by atoms with Crippen LogP contribution in [0.2, 0.25) is 0 Å². The van der Waals surface area contributed by atoms with Gasteiger partial charge in [-0.25, -0.2) is 0 Å². The van der Waals surface area contributed by atoms with E-state index in [4.69, 9.17) is 0 Å². The van der Waals surface area contributed by atoms with Gasteiger partial charge in [0.05, 0.1) is 0 Å². The molecule has 0 atom stereocenters. The molecule has 0 amide bonds. The zero-order chi connectivity index (χ0) is 23.5. The first kappa shape index (κ1) is 26.8. The van der Waals surface area contributed by atoms with Crippen LogP contribution in [0.25, 0.3) is 0 Å². The maximum atomic E-state index is 3.93. The zero-order valence-corrected chi connectivity index (χ0v) is 22.5. The molecular formula is C33H64. The third-order valence-electron chi connectivity index (χ3n) is 10.1. The van der Waals surface area contributed by atoms with Gasteiger partial charge >= 0.3 is 0 Å². The van der Waals surface area contributed by atoms with Crippen molar-refractivity contribution in [3.8, 4) is 0 Å². The Morgan fingerprint density at radius 2 is 0.788 bits per heavy atom. The van der Waals surface area contributed by atoms with E-state index in [9.17, 15) is 0 Å². The molecule has 0 nitrogen and oxygen atoms in total.